The molecule has 2 heterocycles. The van der Waals surface area contributed by atoms with Crippen LogP contribution in [0.2, 0.25) is 0 Å². The molecule has 5 rings (SSSR count). The highest BCUT2D eigenvalue weighted by molar-refractivity contribution is 5.95. The molecule has 1 aliphatic heterocycles. The topological polar surface area (TPSA) is 71.4 Å². The summed E-state index contributed by atoms with van der Waals surface area (Å²) < 4.78 is 33.8. The predicted octanol–water partition coefficient (Wildman–Crippen LogP) is 4.76. The Morgan fingerprint density at radius 1 is 1.18 bits per heavy atom. The van der Waals surface area contributed by atoms with Crippen molar-refractivity contribution in [1.82, 2.24) is 9.88 Å². The zero-order valence-corrected chi connectivity index (χ0v) is 19.1. The lowest BCUT2D eigenvalue weighted by Gasteiger charge is -2.44. The van der Waals surface area contributed by atoms with Crippen LogP contribution in [-0.2, 0) is 12.8 Å². The SMILES string of the molecule is Cl.NC(=O)c1ccc(F)c2c1C[C@H](N(CCCc1c[nH]c3ccc(F)cc13)C1CCC1)CO2. The summed E-state index contributed by atoms with van der Waals surface area (Å²) in [6.07, 6.45) is 7.71. The number of amides is 1. The number of halogens is 3. The number of H-pyrrole nitrogens is 1. The van der Waals surface area contributed by atoms with Gasteiger partial charge in [-0.3, -0.25) is 9.69 Å². The first-order chi connectivity index (χ1) is 15.5. The molecule has 0 radical (unpaired) electrons. The van der Waals surface area contributed by atoms with E-state index in [9.17, 15) is 13.6 Å². The highest BCUT2D eigenvalue weighted by Crippen LogP contribution is 2.35. The Balaban J connectivity index is 0.00000259. The molecular weight excluding hydrogens is 448 g/mol. The van der Waals surface area contributed by atoms with Gasteiger partial charge in [-0.1, -0.05) is 6.42 Å². The van der Waals surface area contributed by atoms with Crippen molar-refractivity contribution in [2.75, 3.05) is 13.2 Å². The summed E-state index contributed by atoms with van der Waals surface area (Å²) in [4.78, 5) is 17.6. The number of benzene rings is 2. The van der Waals surface area contributed by atoms with Gasteiger partial charge in [-0.25, -0.2) is 8.78 Å². The number of fused-ring (bicyclic) bond motifs is 2. The molecule has 33 heavy (non-hydrogen) atoms. The lowest BCUT2D eigenvalue weighted by Crippen LogP contribution is -2.51. The Kier molecular flexibility index (Phi) is 6.91. The molecule has 1 fully saturated rings. The van der Waals surface area contributed by atoms with Gasteiger partial charge in [-0.15, -0.1) is 12.4 Å². The van der Waals surface area contributed by atoms with Crippen LogP contribution in [0, 0.1) is 11.6 Å². The number of rotatable bonds is 7. The fraction of sp³-hybridized carbons (Fsp3) is 0.400. The van der Waals surface area contributed by atoms with E-state index >= 15 is 0 Å². The quantitative estimate of drug-likeness (QED) is 0.517. The van der Waals surface area contributed by atoms with Gasteiger partial charge in [0, 0.05) is 40.3 Å². The van der Waals surface area contributed by atoms with Gasteiger partial charge >= 0.3 is 0 Å². The average Bonchev–Trinajstić information content (AvgIpc) is 3.13. The molecule has 0 unspecified atom stereocenters. The molecule has 1 saturated carbocycles. The minimum Gasteiger partial charge on any atom is -0.489 e. The van der Waals surface area contributed by atoms with E-state index < -0.39 is 11.7 Å². The molecule has 8 heteroatoms. The predicted molar refractivity (Wildman–Crippen MR) is 126 cm³/mol. The van der Waals surface area contributed by atoms with Crippen molar-refractivity contribution in [3.63, 3.8) is 0 Å². The summed E-state index contributed by atoms with van der Waals surface area (Å²) >= 11 is 0. The van der Waals surface area contributed by atoms with Crippen LogP contribution < -0.4 is 10.5 Å². The van der Waals surface area contributed by atoms with Gasteiger partial charge in [0.25, 0.3) is 0 Å². The van der Waals surface area contributed by atoms with Crippen molar-refractivity contribution in [2.24, 2.45) is 5.73 Å². The molecule has 0 spiro atoms. The van der Waals surface area contributed by atoms with Crippen LogP contribution in [0.5, 0.6) is 5.75 Å². The van der Waals surface area contributed by atoms with Gasteiger partial charge in [-0.2, -0.15) is 0 Å². The maximum absolute atomic E-state index is 14.3. The minimum atomic E-state index is -0.563. The Hall–Kier alpha value is -2.64. The normalized spacial score (nSPS) is 17.8. The lowest BCUT2D eigenvalue weighted by molar-refractivity contribution is 0.0421. The fourth-order valence-corrected chi connectivity index (χ4v) is 5.07. The van der Waals surface area contributed by atoms with E-state index in [1.807, 2.05) is 6.20 Å². The van der Waals surface area contributed by atoms with Gasteiger partial charge in [0.2, 0.25) is 5.91 Å². The van der Waals surface area contributed by atoms with Crippen LogP contribution in [0.4, 0.5) is 8.78 Å². The third kappa shape index (κ3) is 4.57. The van der Waals surface area contributed by atoms with Crippen molar-refractivity contribution in [1.29, 1.82) is 0 Å². The largest absolute Gasteiger partial charge is 0.489 e. The second-order valence-electron chi connectivity index (χ2n) is 8.87. The molecule has 2 aliphatic rings. The number of nitrogens with two attached hydrogens (primary N) is 1. The molecule has 1 aliphatic carbocycles. The molecule has 2 aromatic carbocycles. The Bertz CT molecular complexity index is 1160. The molecule has 0 bridgehead atoms. The number of aryl methyl sites for hydroxylation is 1. The van der Waals surface area contributed by atoms with Crippen molar-refractivity contribution >= 4 is 29.2 Å². The average molecular weight is 476 g/mol. The number of ether oxygens (including phenoxy) is 1. The number of nitrogens with zero attached hydrogens (tertiary/aromatic N) is 1. The van der Waals surface area contributed by atoms with Gasteiger partial charge < -0.3 is 15.5 Å². The summed E-state index contributed by atoms with van der Waals surface area (Å²) in [5.74, 6) is -1.09. The van der Waals surface area contributed by atoms with Crippen molar-refractivity contribution in [3.8, 4) is 5.75 Å². The fourth-order valence-electron chi connectivity index (χ4n) is 5.07. The van der Waals surface area contributed by atoms with E-state index in [-0.39, 0.29) is 30.0 Å². The first-order valence-electron chi connectivity index (χ1n) is 11.3. The third-order valence-corrected chi connectivity index (χ3v) is 6.94. The standard InChI is InChI=1S/C25H27F2N3O2.ClH/c26-16-6-9-23-20(11-16)15(13-29-23)3-2-10-30(17-4-1-5-17)18-12-21-19(25(28)31)7-8-22(27)24(21)32-14-18;/h6-9,11,13,17-18,29H,1-5,10,12,14H2,(H2,28,31);1H/t18-;/m0./s1. The highest BCUT2D eigenvalue weighted by Gasteiger charge is 2.35. The molecule has 176 valence electrons. The van der Waals surface area contributed by atoms with Crippen LogP contribution >= 0.6 is 12.4 Å². The number of hydrogen-bond acceptors (Lipinski definition) is 3. The molecule has 1 atom stereocenters. The molecule has 1 aromatic heterocycles. The lowest BCUT2D eigenvalue weighted by atomic mass is 9.87. The Morgan fingerprint density at radius 2 is 2.00 bits per heavy atom. The van der Waals surface area contributed by atoms with Crippen LogP contribution in [0.1, 0.15) is 47.2 Å². The molecule has 1 amide bonds. The van der Waals surface area contributed by atoms with Gasteiger partial charge in [0.15, 0.2) is 11.6 Å². The van der Waals surface area contributed by atoms with E-state index in [0.717, 1.165) is 48.7 Å². The monoisotopic (exact) mass is 475 g/mol. The molecule has 3 N–H and O–H groups in total. The second kappa shape index (κ2) is 9.69. The molecule has 3 aromatic rings. The third-order valence-electron chi connectivity index (χ3n) is 6.94. The second-order valence-corrected chi connectivity index (χ2v) is 8.87. The van der Waals surface area contributed by atoms with Crippen LogP contribution in [-0.4, -0.2) is 41.0 Å². The van der Waals surface area contributed by atoms with Crippen molar-refractivity contribution in [3.05, 3.63) is 64.9 Å². The highest BCUT2D eigenvalue weighted by atomic mass is 35.5. The van der Waals surface area contributed by atoms with E-state index in [1.54, 1.807) is 12.1 Å². The summed E-state index contributed by atoms with van der Waals surface area (Å²) in [7, 11) is 0. The maximum Gasteiger partial charge on any atom is 0.249 e. The molecular formula is C25H28ClF2N3O2. The summed E-state index contributed by atoms with van der Waals surface area (Å²) in [6, 6.07) is 8.03. The summed E-state index contributed by atoms with van der Waals surface area (Å²) in [5.41, 5.74) is 8.49. The zero-order chi connectivity index (χ0) is 22.2. The zero-order valence-electron chi connectivity index (χ0n) is 18.3. The van der Waals surface area contributed by atoms with Crippen molar-refractivity contribution < 1.29 is 18.3 Å². The Morgan fingerprint density at radius 3 is 2.73 bits per heavy atom. The van der Waals surface area contributed by atoms with Gasteiger partial charge in [0.05, 0.1) is 0 Å². The number of aromatic nitrogens is 1. The maximum atomic E-state index is 14.3. The minimum absolute atomic E-state index is 0. The van der Waals surface area contributed by atoms with Gasteiger partial charge in [0.1, 0.15) is 12.4 Å². The van der Waals surface area contributed by atoms with E-state index in [1.165, 1.54) is 24.6 Å². The summed E-state index contributed by atoms with van der Waals surface area (Å²) in [6.45, 7) is 1.25. The first kappa shape index (κ1) is 23.5. The van der Waals surface area contributed by atoms with Crippen molar-refractivity contribution in [2.45, 2.75) is 50.6 Å². The number of primary amides is 1. The Labute approximate surface area is 197 Å². The van der Waals surface area contributed by atoms with Crippen LogP contribution in [0.15, 0.2) is 36.5 Å². The van der Waals surface area contributed by atoms with E-state index in [2.05, 4.69) is 9.88 Å². The number of hydrogen-bond donors (Lipinski definition) is 2. The number of carbonyl (C=O) groups excluding carboxylic acids is 1. The molecule has 0 saturated heterocycles. The van der Waals surface area contributed by atoms with E-state index in [4.69, 9.17) is 10.5 Å². The van der Waals surface area contributed by atoms with Crippen LogP contribution in [0.3, 0.4) is 0 Å². The van der Waals surface area contributed by atoms with E-state index in [0.29, 0.717) is 30.2 Å². The smallest absolute Gasteiger partial charge is 0.249 e. The molecule has 5 nitrogen and oxygen atoms in total. The van der Waals surface area contributed by atoms with Gasteiger partial charge in [-0.05, 0) is 74.5 Å². The number of carbonyl (C=O) groups is 1. The number of nitrogens with one attached hydrogen (secondary N) is 1. The summed E-state index contributed by atoms with van der Waals surface area (Å²) in [5, 5.41) is 0.927. The first-order valence-corrected chi connectivity index (χ1v) is 11.3. The van der Waals surface area contributed by atoms with Crippen LogP contribution in [0.25, 0.3) is 10.9 Å². The number of aromatic amines is 1.